The minimum absolute atomic E-state index is 0.975. The third-order valence-electron chi connectivity index (χ3n) is 3.31. The van der Waals surface area contributed by atoms with Gasteiger partial charge >= 0.3 is 0 Å². The number of imidazole rings is 1. The summed E-state index contributed by atoms with van der Waals surface area (Å²) in [6.07, 6.45) is 3.07. The van der Waals surface area contributed by atoms with Crippen LogP contribution in [0.5, 0.6) is 0 Å². The highest BCUT2D eigenvalue weighted by atomic mass is 79.9. The maximum absolute atomic E-state index is 4.72. The maximum Gasteiger partial charge on any atom is 0.137 e. The van der Waals surface area contributed by atoms with Crippen molar-refractivity contribution >= 4 is 21.6 Å². The molecule has 0 fully saturated rings. The zero-order valence-electron chi connectivity index (χ0n) is 9.02. The molecular formula is C14H9BrN2. The number of hydrogen-bond acceptors (Lipinski definition) is 1. The van der Waals surface area contributed by atoms with Crippen LogP contribution < -0.4 is 0 Å². The molecule has 1 aromatic carbocycles. The highest BCUT2D eigenvalue weighted by molar-refractivity contribution is 9.10. The van der Waals surface area contributed by atoms with Crippen molar-refractivity contribution in [1.82, 2.24) is 9.38 Å². The Balaban J connectivity index is 2.09. The van der Waals surface area contributed by atoms with Gasteiger partial charge in [-0.15, -0.1) is 0 Å². The van der Waals surface area contributed by atoms with Gasteiger partial charge in [0, 0.05) is 22.7 Å². The van der Waals surface area contributed by atoms with Crippen molar-refractivity contribution in [2.45, 2.75) is 6.42 Å². The Bertz CT molecular complexity index is 743. The van der Waals surface area contributed by atoms with Crippen molar-refractivity contribution < 1.29 is 0 Å². The van der Waals surface area contributed by atoms with Crippen LogP contribution in [0.3, 0.4) is 0 Å². The van der Waals surface area contributed by atoms with Crippen LogP contribution in [0.25, 0.3) is 16.9 Å². The summed E-state index contributed by atoms with van der Waals surface area (Å²) in [5.41, 5.74) is 6.11. The first-order chi connectivity index (χ1) is 8.33. The fourth-order valence-corrected chi connectivity index (χ4v) is 2.87. The third-order valence-corrected chi connectivity index (χ3v) is 3.78. The van der Waals surface area contributed by atoms with Crippen LogP contribution in [0.4, 0.5) is 0 Å². The monoisotopic (exact) mass is 284 g/mol. The number of fused-ring (bicyclic) bond motifs is 5. The fourth-order valence-electron chi connectivity index (χ4n) is 2.54. The van der Waals surface area contributed by atoms with Gasteiger partial charge in [-0.1, -0.05) is 24.3 Å². The molecule has 0 atom stereocenters. The van der Waals surface area contributed by atoms with E-state index in [1.807, 2.05) is 12.1 Å². The largest absolute Gasteiger partial charge is 0.302 e. The SMILES string of the molecule is Brc1ccc2nc3c(n2c1)Cc1ccccc1-3. The number of pyridine rings is 1. The van der Waals surface area contributed by atoms with Crippen molar-refractivity contribution in [3.8, 4) is 11.3 Å². The molecule has 82 valence electrons. The highest BCUT2D eigenvalue weighted by Gasteiger charge is 2.23. The Morgan fingerprint density at radius 1 is 1.12 bits per heavy atom. The number of hydrogen-bond donors (Lipinski definition) is 0. The second-order valence-corrected chi connectivity index (χ2v) is 5.23. The first kappa shape index (κ1) is 9.42. The molecule has 2 aromatic heterocycles. The lowest BCUT2D eigenvalue weighted by Crippen LogP contribution is -1.91. The van der Waals surface area contributed by atoms with E-state index < -0.39 is 0 Å². The predicted molar refractivity (Wildman–Crippen MR) is 71.1 cm³/mol. The Morgan fingerprint density at radius 2 is 2.00 bits per heavy atom. The molecule has 2 nitrogen and oxygen atoms in total. The first-order valence-corrected chi connectivity index (χ1v) is 6.37. The molecule has 0 radical (unpaired) electrons. The average molecular weight is 285 g/mol. The van der Waals surface area contributed by atoms with Crippen LogP contribution in [0, 0.1) is 0 Å². The summed E-state index contributed by atoms with van der Waals surface area (Å²) >= 11 is 3.51. The molecular weight excluding hydrogens is 276 g/mol. The number of halogens is 1. The summed E-state index contributed by atoms with van der Waals surface area (Å²) in [6.45, 7) is 0. The second kappa shape index (κ2) is 3.20. The first-order valence-electron chi connectivity index (χ1n) is 5.58. The van der Waals surface area contributed by atoms with E-state index in [0.717, 1.165) is 22.2 Å². The number of rotatable bonds is 0. The molecule has 3 heteroatoms. The molecule has 17 heavy (non-hydrogen) atoms. The molecule has 0 aliphatic heterocycles. The van der Waals surface area contributed by atoms with Crippen molar-refractivity contribution in [3.63, 3.8) is 0 Å². The third kappa shape index (κ3) is 1.23. The van der Waals surface area contributed by atoms with Gasteiger partial charge in [0.1, 0.15) is 5.65 Å². The molecule has 0 saturated carbocycles. The van der Waals surface area contributed by atoms with Gasteiger partial charge in [0.2, 0.25) is 0 Å². The molecule has 2 heterocycles. The standard InChI is InChI=1S/C14H9BrN2/c15-10-5-6-13-16-14-11-4-2-1-3-9(11)7-12(14)17(13)8-10/h1-6,8H,7H2. The summed E-state index contributed by atoms with van der Waals surface area (Å²) < 4.78 is 3.26. The lowest BCUT2D eigenvalue weighted by Gasteiger charge is -1.99. The number of aromatic nitrogens is 2. The minimum Gasteiger partial charge on any atom is -0.302 e. The van der Waals surface area contributed by atoms with Crippen molar-refractivity contribution in [2.24, 2.45) is 0 Å². The lowest BCUT2D eigenvalue weighted by molar-refractivity contribution is 1.05. The topological polar surface area (TPSA) is 17.3 Å². The number of benzene rings is 1. The van der Waals surface area contributed by atoms with E-state index in [1.165, 1.54) is 16.8 Å². The van der Waals surface area contributed by atoms with Gasteiger partial charge < -0.3 is 4.40 Å². The maximum atomic E-state index is 4.72. The van der Waals surface area contributed by atoms with Crippen LogP contribution >= 0.6 is 15.9 Å². The predicted octanol–water partition coefficient (Wildman–Crippen LogP) is 3.67. The van der Waals surface area contributed by atoms with E-state index in [4.69, 9.17) is 4.98 Å². The molecule has 0 unspecified atom stereocenters. The molecule has 0 bridgehead atoms. The normalized spacial score (nSPS) is 12.8. The molecule has 0 saturated heterocycles. The summed E-state index contributed by atoms with van der Waals surface area (Å²) in [4.78, 5) is 4.72. The van der Waals surface area contributed by atoms with Gasteiger partial charge in [0.25, 0.3) is 0 Å². The Labute approximate surface area is 107 Å². The van der Waals surface area contributed by atoms with Gasteiger partial charge in [-0.3, -0.25) is 0 Å². The van der Waals surface area contributed by atoms with Crippen molar-refractivity contribution in [3.05, 3.63) is 58.3 Å². The zero-order chi connectivity index (χ0) is 11.4. The van der Waals surface area contributed by atoms with Crippen LogP contribution in [-0.2, 0) is 6.42 Å². The van der Waals surface area contributed by atoms with Gasteiger partial charge in [0.15, 0.2) is 0 Å². The average Bonchev–Trinajstić information content (AvgIpc) is 2.85. The molecule has 3 aromatic rings. The van der Waals surface area contributed by atoms with E-state index in [9.17, 15) is 0 Å². The van der Waals surface area contributed by atoms with Crippen molar-refractivity contribution in [1.29, 1.82) is 0 Å². The summed E-state index contributed by atoms with van der Waals surface area (Å²) in [5.74, 6) is 0. The van der Waals surface area contributed by atoms with Gasteiger partial charge in [-0.2, -0.15) is 0 Å². The molecule has 4 rings (SSSR count). The smallest absolute Gasteiger partial charge is 0.137 e. The van der Waals surface area contributed by atoms with Crippen LogP contribution in [0.2, 0.25) is 0 Å². The van der Waals surface area contributed by atoms with Crippen molar-refractivity contribution in [2.75, 3.05) is 0 Å². The fraction of sp³-hybridized carbons (Fsp3) is 0.0714. The quantitative estimate of drug-likeness (QED) is 0.482. The van der Waals surface area contributed by atoms with Crippen LogP contribution in [0.1, 0.15) is 11.3 Å². The highest BCUT2D eigenvalue weighted by Crippen LogP contribution is 2.36. The lowest BCUT2D eigenvalue weighted by atomic mass is 10.1. The zero-order valence-corrected chi connectivity index (χ0v) is 10.6. The summed E-state index contributed by atoms with van der Waals surface area (Å²) in [5, 5.41) is 0. The van der Waals surface area contributed by atoms with Gasteiger partial charge in [-0.25, -0.2) is 4.98 Å². The molecule has 1 aliphatic carbocycles. The van der Waals surface area contributed by atoms with Gasteiger partial charge in [0.05, 0.1) is 11.4 Å². The van der Waals surface area contributed by atoms with E-state index in [0.29, 0.717) is 0 Å². The van der Waals surface area contributed by atoms with E-state index in [2.05, 4.69) is 50.8 Å². The van der Waals surface area contributed by atoms with Gasteiger partial charge in [-0.05, 0) is 33.6 Å². The minimum atomic E-state index is 0.975. The summed E-state index contributed by atoms with van der Waals surface area (Å²) in [7, 11) is 0. The second-order valence-electron chi connectivity index (χ2n) is 4.32. The summed E-state index contributed by atoms with van der Waals surface area (Å²) in [6, 6.07) is 12.6. The van der Waals surface area contributed by atoms with Crippen LogP contribution in [-0.4, -0.2) is 9.38 Å². The molecule has 0 spiro atoms. The van der Waals surface area contributed by atoms with E-state index in [1.54, 1.807) is 0 Å². The molecule has 1 aliphatic rings. The number of nitrogens with zero attached hydrogens (tertiary/aromatic N) is 2. The molecule has 0 amide bonds. The Morgan fingerprint density at radius 3 is 2.94 bits per heavy atom. The Hall–Kier alpha value is -1.61. The van der Waals surface area contributed by atoms with E-state index in [-0.39, 0.29) is 0 Å². The Kier molecular flexibility index (Phi) is 1.77. The molecule has 0 N–H and O–H groups in total. The van der Waals surface area contributed by atoms with Crippen LogP contribution in [0.15, 0.2) is 47.1 Å². The van der Waals surface area contributed by atoms with E-state index >= 15 is 0 Å².